The van der Waals surface area contributed by atoms with Gasteiger partial charge in [0.15, 0.2) is 23.0 Å². The minimum atomic E-state index is -0.666. The third kappa shape index (κ3) is 17.8. The van der Waals surface area contributed by atoms with Crippen molar-refractivity contribution in [1.82, 2.24) is 20.0 Å². The molecule has 1 N–H and O–H groups in total. The monoisotopic (exact) mass is 989 g/mol. The van der Waals surface area contributed by atoms with E-state index in [0.717, 1.165) is 13.0 Å². The van der Waals surface area contributed by atoms with Gasteiger partial charge >= 0.3 is 18.0 Å². The molecular weight excluding hydrogens is 905 g/mol. The summed E-state index contributed by atoms with van der Waals surface area (Å²) in [6, 6.07) is 8.94. The van der Waals surface area contributed by atoms with E-state index < -0.39 is 23.7 Å². The van der Waals surface area contributed by atoms with Crippen LogP contribution >= 0.6 is 0 Å². The molecule has 2 aromatic carbocycles. The second-order valence-corrected chi connectivity index (χ2v) is 18.3. The normalized spacial score (nSPS) is 17.8. The molecule has 18 nitrogen and oxygen atoms in total. The first-order valence-corrected chi connectivity index (χ1v) is 24.1. The molecule has 2 fully saturated rings. The molecule has 2 aliphatic heterocycles. The Morgan fingerprint density at radius 3 is 1.54 bits per heavy atom. The van der Waals surface area contributed by atoms with Gasteiger partial charge in [-0.2, -0.15) is 0 Å². The number of piperidine rings is 2. The van der Waals surface area contributed by atoms with Crippen LogP contribution in [0.15, 0.2) is 36.4 Å². The van der Waals surface area contributed by atoms with E-state index in [9.17, 15) is 24.0 Å². The highest BCUT2D eigenvalue weighted by Gasteiger charge is 2.44. The lowest BCUT2D eigenvalue weighted by Gasteiger charge is -2.44. The standard InChI is InChI=1S/C28H44N2O8.C23H36N2O6.CH4/c1-9-36-26(32)21-13-14-29(27(33)38-28(4,5)6)18-22(21)30(19(2)3)25(31)20-11-12-23(35-8)24(17-20)37-16-10-15-34-7;1-6-30-23(27)18-10-11-24-15-19(18)25(16(2)3)22(26)17-8-9-20(29-5)21(14-17)31-13-7-12-28-4;/h11-12,17,19,21-22H,9-10,13-16,18H2,1-8H3;8-9,14,16,18-19,24H,6-7,10-13,15H2,1-5H3;1H4. The molecular formula is C52H84N4O14. The van der Waals surface area contributed by atoms with E-state index in [-0.39, 0.29) is 68.4 Å². The summed E-state index contributed by atoms with van der Waals surface area (Å²) in [5, 5.41) is 3.31. The first-order valence-electron chi connectivity index (χ1n) is 24.1. The molecule has 0 radical (unpaired) electrons. The predicted molar refractivity (Wildman–Crippen MR) is 267 cm³/mol. The van der Waals surface area contributed by atoms with Gasteiger partial charge in [0.05, 0.1) is 64.6 Å². The van der Waals surface area contributed by atoms with Crippen molar-refractivity contribution in [2.75, 3.05) is 94.3 Å². The van der Waals surface area contributed by atoms with Gasteiger partial charge in [-0.15, -0.1) is 0 Å². The van der Waals surface area contributed by atoms with Crippen molar-refractivity contribution >= 4 is 29.8 Å². The zero-order valence-electron chi connectivity index (χ0n) is 43.4. The smallest absolute Gasteiger partial charge is 0.410 e. The number of carbonyl (C=O) groups excluding carboxylic acids is 5. The van der Waals surface area contributed by atoms with Crippen molar-refractivity contribution in [3.05, 3.63) is 47.5 Å². The molecule has 0 bridgehead atoms. The number of nitrogens with one attached hydrogen (secondary N) is 1. The van der Waals surface area contributed by atoms with E-state index in [1.54, 1.807) is 107 Å². The number of hydrogen-bond acceptors (Lipinski definition) is 15. The second kappa shape index (κ2) is 30.4. The average Bonchev–Trinajstić information content (AvgIpc) is 3.31. The topological polar surface area (TPSA) is 190 Å². The van der Waals surface area contributed by atoms with E-state index in [1.165, 1.54) is 7.11 Å². The fraction of sp³-hybridized carbons (Fsp3) is 0.673. The molecule has 70 heavy (non-hydrogen) atoms. The third-order valence-corrected chi connectivity index (χ3v) is 11.5. The number of hydrogen-bond donors (Lipinski definition) is 1. The van der Waals surface area contributed by atoms with Crippen LogP contribution in [0.4, 0.5) is 4.79 Å². The number of carbonyl (C=O) groups is 5. The lowest BCUT2D eigenvalue weighted by molar-refractivity contribution is -0.153. The highest BCUT2D eigenvalue weighted by Crippen LogP contribution is 2.33. The molecule has 3 amide bonds. The SMILES string of the molecule is C.CCOC(=O)C1CCN(C(=O)OC(C)(C)C)CC1N(C(=O)c1ccc(OC)c(OCCCOC)c1)C(C)C.CCOC(=O)C1CCNCC1N(C(=O)c1ccc(OC)c(OCCCOC)c1)C(C)C. The van der Waals surface area contributed by atoms with Crippen LogP contribution in [-0.4, -0.2) is 169 Å². The van der Waals surface area contributed by atoms with Gasteiger partial charge < -0.3 is 62.6 Å². The summed E-state index contributed by atoms with van der Waals surface area (Å²) < 4.78 is 48.9. The van der Waals surface area contributed by atoms with Gasteiger partial charge in [-0.1, -0.05) is 7.43 Å². The van der Waals surface area contributed by atoms with Gasteiger partial charge in [-0.3, -0.25) is 19.2 Å². The quantitative estimate of drug-likeness (QED) is 0.0703. The number of amides is 3. The zero-order valence-corrected chi connectivity index (χ0v) is 43.4. The maximum atomic E-state index is 14.0. The Kier molecular flexibility index (Phi) is 26.4. The lowest BCUT2D eigenvalue weighted by atomic mass is 9.89. The summed E-state index contributed by atoms with van der Waals surface area (Å²) in [6.07, 6.45) is 1.92. The first kappa shape index (κ1) is 60.8. The Morgan fingerprint density at radius 1 is 0.671 bits per heavy atom. The van der Waals surface area contributed by atoms with Gasteiger partial charge in [0.25, 0.3) is 11.8 Å². The molecule has 0 spiro atoms. The largest absolute Gasteiger partial charge is 0.493 e. The Bertz CT molecular complexity index is 1940. The van der Waals surface area contributed by atoms with Crippen molar-refractivity contribution in [1.29, 1.82) is 0 Å². The molecule has 2 heterocycles. The molecule has 2 aromatic rings. The van der Waals surface area contributed by atoms with Crippen molar-refractivity contribution in [2.24, 2.45) is 11.8 Å². The molecule has 0 aliphatic carbocycles. The Morgan fingerprint density at radius 2 is 1.13 bits per heavy atom. The molecule has 0 saturated carbocycles. The van der Waals surface area contributed by atoms with E-state index in [1.807, 2.05) is 27.7 Å². The van der Waals surface area contributed by atoms with Crippen LogP contribution in [0, 0.1) is 11.8 Å². The number of benzene rings is 2. The van der Waals surface area contributed by atoms with Crippen molar-refractivity contribution in [2.45, 2.75) is 125 Å². The predicted octanol–water partition coefficient (Wildman–Crippen LogP) is 7.29. The summed E-state index contributed by atoms with van der Waals surface area (Å²) in [6.45, 7) is 20.9. The number of likely N-dealkylation sites (tertiary alicyclic amines) is 1. The van der Waals surface area contributed by atoms with Crippen molar-refractivity contribution in [3.63, 3.8) is 0 Å². The van der Waals surface area contributed by atoms with Gasteiger partial charge in [-0.05, 0) is 118 Å². The van der Waals surface area contributed by atoms with Gasteiger partial charge in [0.2, 0.25) is 0 Å². The molecule has 2 aliphatic rings. The van der Waals surface area contributed by atoms with Crippen LogP contribution in [0.3, 0.4) is 0 Å². The fourth-order valence-electron chi connectivity index (χ4n) is 8.34. The highest BCUT2D eigenvalue weighted by atomic mass is 16.6. The zero-order chi connectivity index (χ0) is 51.3. The van der Waals surface area contributed by atoms with Crippen LogP contribution in [0.1, 0.15) is 116 Å². The minimum absolute atomic E-state index is 0. The fourth-order valence-corrected chi connectivity index (χ4v) is 8.34. The number of rotatable bonds is 22. The van der Waals surface area contributed by atoms with Crippen molar-refractivity contribution in [3.8, 4) is 23.0 Å². The Hall–Kier alpha value is -5.33. The summed E-state index contributed by atoms with van der Waals surface area (Å²) in [4.78, 5) is 71.0. The molecule has 396 valence electrons. The van der Waals surface area contributed by atoms with Crippen LogP contribution < -0.4 is 24.3 Å². The van der Waals surface area contributed by atoms with Crippen LogP contribution in [-0.2, 0) is 33.3 Å². The number of methoxy groups -OCH3 is 4. The molecule has 18 heteroatoms. The van der Waals surface area contributed by atoms with Crippen molar-refractivity contribution < 1.29 is 66.6 Å². The number of ether oxygens (including phenoxy) is 9. The molecule has 4 atom stereocenters. The first-order chi connectivity index (χ1) is 32.9. The van der Waals surface area contributed by atoms with Gasteiger partial charge in [0, 0.05) is 83.1 Å². The van der Waals surface area contributed by atoms with Gasteiger partial charge in [-0.25, -0.2) is 4.79 Å². The minimum Gasteiger partial charge on any atom is -0.493 e. The Balaban J connectivity index is 0.000000483. The summed E-state index contributed by atoms with van der Waals surface area (Å²) in [5.74, 6) is 0.0368. The molecule has 2 saturated heterocycles. The van der Waals surface area contributed by atoms with E-state index in [4.69, 9.17) is 42.6 Å². The number of esters is 2. The van der Waals surface area contributed by atoms with E-state index >= 15 is 0 Å². The molecule has 4 rings (SSSR count). The summed E-state index contributed by atoms with van der Waals surface area (Å²) in [7, 11) is 6.37. The van der Waals surface area contributed by atoms with Gasteiger partial charge in [0.1, 0.15) is 5.60 Å². The molecule has 4 unspecified atom stereocenters. The second-order valence-electron chi connectivity index (χ2n) is 18.3. The average molecular weight is 989 g/mol. The van der Waals surface area contributed by atoms with E-state index in [2.05, 4.69) is 5.32 Å². The van der Waals surface area contributed by atoms with E-state index in [0.29, 0.717) is 99.5 Å². The van der Waals surface area contributed by atoms with Crippen LogP contribution in [0.2, 0.25) is 0 Å². The lowest BCUT2D eigenvalue weighted by Crippen LogP contribution is -2.59. The highest BCUT2D eigenvalue weighted by molar-refractivity contribution is 5.96. The molecule has 0 aromatic heterocycles. The van der Waals surface area contributed by atoms with Crippen LogP contribution in [0.5, 0.6) is 23.0 Å². The maximum absolute atomic E-state index is 14.0. The summed E-state index contributed by atoms with van der Waals surface area (Å²) in [5.41, 5.74) is 0.212. The Labute approximate surface area is 417 Å². The maximum Gasteiger partial charge on any atom is 0.410 e. The third-order valence-electron chi connectivity index (χ3n) is 11.5. The summed E-state index contributed by atoms with van der Waals surface area (Å²) >= 11 is 0. The van der Waals surface area contributed by atoms with Crippen LogP contribution in [0.25, 0.3) is 0 Å². The number of nitrogens with zero attached hydrogens (tertiary/aromatic N) is 3.